The molecule has 8 heteroatoms. The van der Waals surface area contributed by atoms with Gasteiger partial charge in [-0.25, -0.2) is 0 Å². The van der Waals surface area contributed by atoms with Crippen molar-refractivity contribution in [3.05, 3.63) is 130 Å². The minimum atomic E-state index is -1.91. The molecule has 0 heterocycles. The van der Waals surface area contributed by atoms with Crippen LogP contribution in [0.1, 0.15) is 51.6 Å². The van der Waals surface area contributed by atoms with Crippen LogP contribution >= 0.6 is 35.2 Å². The molecule has 4 aromatic carbocycles. The van der Waals surface area contributed by atoms with Crippen LogP contribution in [0.15, 0.2) is 97.1 Å². The van der Waals surface area contributed by atoms with Crippen LogP contribution in [0.25, 0.3) is 0 Å². The van der Waals surface area contributed by atoms with Gasteiger partial charge < -0.3 is 16.6 Å². The Morgan fingerprint density at radius 3 is 1.07 bits per heavy atom. The quantitative estimate of drug-likeness (QED) is 0.104. The number of hydrogen-bond acceptors (Lipinski definition) is 3. The van der Waals surface area contributed by atoms with Crippen LogP contribution in [0.3, 0.4) is 0 Å². The van der Waals surface area contributed by atoms with E-state index >= 15 is 0 Å². The summed E-state index contributed by atoms with van der Waals surface area (Å²) in [5, 5.41) is 13.5. The van der Waals surface area contributed by atoms with Crippen LogP contribution in [0, 0.1) is 157 Å². The molecule has 292 valence electrons. The molecule has 4 aromatic rings. The van der Waals surface area contributed by atoms with Crippen molar-refractivity contribution < 1.29 is 20.3 Å². The second-order valence-corrected chi connectivity index (χ2v) is 18.1. The second kappa shape index (κ2) is 30.6. The average Bonchev–Trinajstić information content (AvgIpc) is 3.28. The summed E-state index contributed by atoms with van der Waals surface area (Å²) in [6, 6.07) is 31.1. The van der Waals surface area contributed by atoms with E-state index in [0.717, 1.165) is 32.9 Å². The van der Waals surface area contributed by atoms with Crippen molar-refractivity contribution in [2.45, 2.75) is 32.0 Å². The van der Waals surface area contributed by atoms with Gasteiger partial charge in [-0.2, -0.15) is 0 Å². The van der Waals surface area contributed by atoms with Crippen molar-refractivity contribution >= 4 is 45.8 Å². The van der Waals surface area contributed by atoms with Crippen LogP contribution in [0.2, 0.25) is 0 Å². The van der Waals surface area contributed by atoms with E-state index in [-0.39, 0.29) is 27.2 Å². The van der Waals surface area contributed by atoms with Gasteiger partial charge in [-0.15, -0.1) is 25.7 Å². The Hall–Kier alpha value is -6.46. The molecular weight excluding hydrogens is 915 g/mol. The topological polar surface area (TPSA) is 72.3 Å². The Morgan fingerprint density at radius 1 is 0.492 bits per heavy atom. The monoisotopic (exact) mass is 950 g/mol. The zero-order valence-electron chi connectivity index (χ0n) is 33.0. The van der Waals surface area contributed by atoms with Crippen LogP contribution in [0.5, 0.6) is 0 Å². The van der Waals surface area contributed by atoms with Gasteiger partial charge in [-0.3, -0.25) is 0 Å². The van der Waals surface area contributed by atoms with Gasteiger partial charge in [0.25, 0.3) is 0 Å². The summed E-state index contributed by atoms with van der Waals surface area (Å²) in [5.41, 5.74) is 30.2. The van der Waals surface area contributed by atoms with Crippen molar-refractivity contribution in [2.24, 2.45) is 11.5 Å². The first kappa shape index (κ1) is 50.7. The summed E-state index contributed by atoms with van der Waals surface area (Å²) >= 11 is -0.346. The predicted octanol–water partition coefficient (Wildman–Crippen LogP) is 7.22. The van der Waals surface area contributed by atoms with E-state index < -0.39 is 21.9 Å². The molecule has 2 unspecified atom stereocenters. The van der Waals surface area contributed by atoms with E-state index in [4.69, 9.17) is 56.5 Å². The predicted molar refractivity (Wildman–Crippen MR) is 258 cm³/mol. The number of benzene rings is 4. The summed E-state index contributed by atoms with van der Waals surface area (Å²) in [6.45, 7) is 3.91. The van der Waals surface area contributed by atoms with Crippen molar-refractivity contribution in [3.63, 3.8) is 0 Å². The number of terminal acetylenes is 4. The van der Waals surface area contributed by atoms with E-state index in [1.165, 1.54) is 0 Å². The summed E-state index contributed by atoms with van der Waals surface area (Å²) in [6.07, 6.45) is 19.9. The van der Waals surface area contributed by atoms with Gasteiger partial charge in [-0.05, 0) is 95.6 Å². The average molecular weight is 951 g/mol. The maximum absolute atomic E-state index is 11.9. The number of rotatable bonds is 7. The fourth-order valence-electron chi connectivity index (χ4n) is 5.16. The normalized spacial score (nSPS) is 9.48. The van der Waals surface area contributed by atoms with Gasteiger partial charge >= 0.3 is 34.5 Å². The molecule has 0 saturated carbocycles. The van der Waals surface area contributed by atoms with E-state index in [2.05, 4.69) is 117 Å². The maximum atomic E-state index is 11.9. The fraction of sp³-hybridized carbons (Fsp3) is 0.0943. The summed E-state index contributed by atoms with van der Waals surface area (Å²) in [7, 11) is 5.88. The first-order valence-corrected chi connectivity index (χ1v) is 25.1. The first-order chi connectivity index (χ1) is 29.7. The molecule has 4 rings (SSSR count). The zero-order valence-corrected chi connectivity index (χ0v) is 38.2. The Balaban J connectivity index is 0.000000553. The molecule has 0 fully saturated rings. The van der Waals surface area contributed by atoms with E-state index in [1.54, 1.807) is 0 Å². The summed E-state index contributed by atoms with van der Waals surface area (Å²) in [5.74, 6) is 40.6. The number of hydrogen-bond donors (Lipinski definition) is 3. The molecule has 0 spiro atoms. The van der Waals surface area contributed by atoms with Gasteiger partial charge in [0.1, 0.15) is 39.4 Å². The molecule has 0 amide bonds. The van der Waals surface area contributed by atoms with Crippen LogP contribution in [-0.2, 0) is 15.1 Å². The molecule has 0 aliphatic carbocycles. The number of aliphatic hydroxyl groups excluding tert-OH is 1. The number of nitrogens with two attached hydrogens (primary N) is 2. The SMILES string of the molecule is C#CC#CC#C[PH+](C#CC#CC#C)c1cc(C)ccc1C(O)c1ccc(C)cc1[PH+](C#CC#CC#C)C#CC#CC#C.NC(c1ccccc1)C(N)c1ccccc1.[Cl][Ru+2][Cl]. The molecule has 0 radical (unpaired) electrons. The van der Waals surface area contributed by atoms with Crippen molar-refractivity contribution in [1.82, 2.24) is 0 Å². The van der Waals surface area contributed by atoms with Gasteiger partial charge in [0.15, 0.2) is 15.8 Å². The van der Waals surface area contributed by atoms with Crippen LogP contribution in [0.4, 0.5) is 0 Å². The summed E-state index contributed by atoms with van der Waals surface area (Å²) < 4.78 is 0. The number of halogens is 2. The molecule has 5 N–H and O–H groups in total. The van der Waals surface area contributed by atoms with E-state index in [0.29, 0.717) is 11.1 Å². The van der Waals surface area contributed by atoms with Gasteiger partial charge in [0, 0.05) is 70.6 Å². The Morgan fingerprint density at radius 2 is 0.787 bits per heavy atom. The molecule has 0 bridgehead atoms. The van der Waals surface area contributed by atoms with Crippen LogP contribution < -0.4 is 22.1 Å². The molecular formula is C53H36Cl2N2OP2Ru+4. The number of aliphatic hydroxyl groups is 1. The third kappa shape index (κ3) is 18.6. The van der Waals surface area contributed by atoms with Crippen molar-refractivity contribution in [3.8, 4) is 143 Å². The van der Waals surface area contributed by atoms with Crippen molar-refractivity contribution in [2.75, 3.05) is 0 Å². The summed E-state index contributed by atoms with van der Waals surface area (Å²) in [4.78, 5) is 0. The van der Waals surface area contributed by atoms with Gasteiger partial charge in [0.2, 0.25) is 0 Å². The Kier molecular flexibility index (Phi) is 25.4. The first-order valence-electron chi connectivity index (χ1n) is 17.6. The van der Waals surface area contributed by atoms with Gasteiger partial charge in [-0.1, -0.05) is 84.9 Å². The molecule has 0 aliphatic rings. The molecule has 61 heavy (non-hydrogen) atoms. The number of aryl methyl sites for hydroxylation is 2. The second-order valence-electron chi connectivity index (χ2n) is 11.8. The standard InChI is InChI=1S/C39H18OP2.C14H16N2.2ClH.Ru/c1-7-11-15-19-27-41(28-20-16-12-8-2)37-31-33(5)23-25-35(37)39(40)36-26-24-34(6)32-38(36)42(29-21-17-13-9-3)30-22-18-14-10-4;15-13(11-7-3-1-4-8-11)14(16)12-9-5-2-6-10-12;;;/h1-4,23-26,31-32,39-40H,5-6H3;1-10,13-14H,15-16H2;2*1H;/q;;;;+4. The third-order valence-electron chi connectivity index (χ3n) is 7.84. The fourth-order valence-corrected chi connectivity index (χ4v) is 8.33. The van der Waals surface area contributed by atoms with E-state index in [1.807, 2.05) is 111 Å². The van der Waals surface area contributed by atoms with Crippen molar-refractivity contribution in [1.29, 1.82) is 0 Å². The molecule has 0 saturated heterocycles. The molecule has 0 aromatic heterocycles. The zero-order chi connectivity index (χ0) is 44.7. The third-order valence-corrected chi connectivity index (χ3v) is 11.3. The van der Waals surface area contributed by atoms with Crippen LogP contribution in [-0.4, -0.2) is 5.11 Å². The Labute approximate surface area is 380 Å². The van der Waals surface area contributed by atoms with E-state index in [9.17, 15) is 5.11 Å². The molecule has 3 nitrogen and oxygen atoms in total. The Bertz CT molecular complexity index is 2550. The van der Waals surface area contributed by atoms with Gasteiger partial charge in [0.05, 0.1) is 0 Å². The molecule has 0 aliphatic heterocycles. The minimum absolute atomic E-state index is 0.163. The molecule has 2 atom stereocenters.